The van der Waals surface area contributed by atoms with E-state index in [2.05, 4.69) is 101 Å². The van der Waals surface area contributed by atoms with Crippen LogP contribution in [0.25, 0.3) is 87.8 Å². The Morgan fingerprint density at radius 2 is 0.820 bits per heavy atom. The number of anilines is 6. The van der Waals surface area contributed by atoms with Crippen molar-refractivity contribution in [3.63, 3.8) is 0 Å². The van der Waals surface area contributed by atoms with Gasteiger partial charge in [-0.05, 0) is 82.2 Å². The van der Waals surface area contributed by atoms with Crippen LogP contribution < -0.4 is 9.80 Å². The normalized spacial score (nSPS) is 11.9. The Balaban J connectivity index is 0.961. The fraction of sp³-hybridized carbons (Fsp3) is 0. The Hall–Kier alpha value is -8.63. The van der Waals surface area contributed by atoms with E-state index in [9.17, 15) is 0 Å². The molecule has 0 aliphatic heterocycles. The lowest BCUT2D eigenvalue weighted by atomic mass is 10.1. The van der Waals surface area contributed by atoms with E-state index in [0.29, 0.717) is 28.4 Å². The van der Waals surface area contributed by atoms with Gasteiger partial charge in [0.05, 0.1) is 11.4 Å². The number of fused-ring (bicyclic) bond motifs is 11. The van der Waals surface area contributed by atoms with E-state index in [1.165, 1.54) is 0 Å². The summed E-state index contributed by atoms with van der Waals surface area (Å²) in [5, 5.41) is 27.5. The van der Waals surface area contributed by atoms with Crippen LogP contribution in [0.15, 0.2) is 189 Å². The molecule has 0 aliphatic rings. The van der Waals surface area contributed by atoms with Gasteiger partial charge in [0.15, 0.2) is 22.4 Å². The van der Waals surface area contributed by atoms with Gasteiger partial charge in [0.1, 0.15) is 22.3 Å². The van der Waals surface area contributed by atoms with Gasteiger partial charge < -0.3 is 13.3 Å². The highest BCUT2D eigenvalue weighted by atomic mass is 16.3. The summed E-state index contributed by atoms with van der Waals surface area (Å²) in [6.45, 7) is 0. The molecule has 0 atom stereocenters. The average molecular weight is 788 g/mol. The Bertz CT molecular complexity index is 3640. The summed E-state index contributed by atoms with van der Waals surface area (Å²) in [5.74, 6) is 0.866. The zero-order valence-electron chi connectivity index (χ0n) is 32.1. The minimum Gasteiger partial charge on any atom is -0.456 e. The average Bonchev–Trinajstić information content (AvgIpc) is 3.99. The van der Waals surface area contributed by atoms with Crippen LogP contribution in [-0.2, 0) is 0 Å². The van der Waals surface area contributed by atoms with Gasteiger partial charge in [-0.15, -0.1) is 20.4 Å². The third kappa shape index (κ3) is 5.32. The predicted molar refractivity (Wildman–Crippen MR) is 242 cm³/mol. The van der Waals surface area contributed by atoms with Gasteiger partial charge in [0, 0.05) is 51.1 Å². The fourth-order valence-corrected chi connectivity index (χ4v) is 8.57. The maximum atomic E-state index is 6.53. The molecule has 10 heteroatoms. The molecule has 0 radical (unpaired) electrons. The first-order valence-corrected chi connectivity index (χ1v) is 19.9. The summed E-state index contributed by atoms with van der Waals surface area (Å²) >= 11 is 0. The van der Waals surface area contributed by atoms with Crippen LogP contribution in [0.3, 0.4) is 0 Å². The summed E-state index contributed by atoms with van der Waals surface area (Å²) in [6.07, 6.45) is 0. The highest BCUT2D eigenvalue weighted by molar-refractivity contribution is 6.08. The van der Waals surface area contributed by atoms with Crippen LogP contribution in [0.4, 0.5) is 34.5 Å². The van der Waals surface area contributed by atoms with E-state index in [1.54, 1.807) is 0 Å². The Kier molecular flexibility index (Phi) is 7.07. The summed E-state index contributed by atoms with van der Waals surface area (Å²) < 4.78 is 19.2. The minimum absolute atomic E-state index is 0.281. The van der Waals surface area contributed by atoms with Crippen LogP contribution in [0.5, 0.6) is 0 Å². The van der Waals surface area contributed by atoms with Crippen LogP contribution in [-0.4, -0.2) is 25.4 Å². The van der Waals surface area contributed by atoms with E-state index >= 15 is 0 Å². The molecule has 0 N–H and O–H groups in total. The van der Waals surface area contributed by atoms with Gasteiger partial charge in [-0.1, -0.05) is 97.1 Å². The Morgan fingerprint density at radius 1 is 0.328 bits per heavy atom. The van der Waals surface area contributed by atoms with E-state index < -0.39 is 0 Å². The third-order valence-corrected chi connectivity index (χ3v) is 11.5. The van der Waals surface area contributed by atoms with Crippen molar-refractivity contribution < 1.29 is 13.3 Å². The molecule has 0 bridgehead atoms. The van der Waals surface area contributed by atoms with Crippen LogP contribution >= 0.6 is 0 Å². The molecule has 5 aromatic heterocycles. The van der Waals surface area contributed by atoms with E-state index in [1.807, 2.05) is 89.8 Å². The Labute approximate surface area is 345 Å². The first kappa shape index (κ1) is 33.4. The maximum Gasteiger partial charge on any atom is 0.257 e. The van der Waals surface area contributed by atoms with Crippen LogP contribution in [0.1, 0.15) is 0 Å². The van der Waals surface area contributed by atoms with Crippen molar-refractivity contribution in [3.8, 4) is 0 Å². The van der Waals surface area contributed by atoms with Gasteiger partial charge in [-0.2, -0.15) is 4.98 Å². The molecular formula is C51H29N7O3. The first-order valence-electron chi connectivity index (χ1n) is 19.9. The number of rotatable bonds is 6. The number of hydrogen-bond donors (Lipinski definition) is 0. The molecule has 13 aromatic rings. The lowest BCUT2D eigenvalue weighted by molar-refractivity contribution is 0.649. The maximum absolute atomic E-state index is 6.53. The number of aromatic nitrogens is 5. The second-order valence-corrected chi connectivity index (χ2v) is 15.1. The standard InChI is InChI=1S/C51H29N7O3/c1-3-11-32-25-34(19-17-30(32)9-1)57(36-21-23-40-38-13-5-7-15-42(38)59-44(40)27-36)47-29-46-48(54-53-47)49-50(61-46)52-51(56-55-49)58(35-20-18-31-10-2-4-12-33(31)26-35)37-22-24-41-39-14-6-8-16-43(39)60-45(41)28-37/h1-29H. The molecule has 286 valence electrons. The summed E-state index contributed by atoms with van der Waals surface area (Å²) in [7, 11) is 0. The van der Waals surface area contributed by atoms with Crippen molar-refractivity contribution in [1.29, 1.82) is 0 Å². The number of hydrogen-bond acceptors (Lipinski definition) is 10. The lowest BCUT2D eigenvalue weighted by Gasteiger charge is -2.24. The highest BCUT2D eigenvalue weighted by Crippen LogP contribution is 2.42. The smallest absolute Gasteiger partial charge is 0.257 e. The SMILES string of the molecule is c1ccc2cc(N(c3ccc4c(c3)oc3ccccc34)c3cc4oc5nc(N(c6ccc7ccccc7c6)c6ccc7c(c6)oc6ccccc67)nnc5c4nn3)ccc2c1. The molecule has 0 spiro atoms. The number of furan rings is 3. The van der Waals surface area contributed by atoms with E-state index in [-0.39, 0.29) is 5.71 Å². The molecule has 0 saturated carbocycles. The summed E-state index contributed by atoms with van der Waals surface area (Å²) in [6, 6.07) is 59.5. The van der Waals surface area contributed by atoms with Crippen molar-refractivity contribution in [2.24, 2.45) is 0 Å². The molecule has 0 amide bonds. The monoisotopic (exact) mass is 787 g/mol. The van der Waals surface area contributed by atoms with Crippen molar-refractivity contribution in [1.82, 2.24) is 25.4 Å². The van der Waals surface area contributed by atoms with Crippen LogP contribution in [0.2, 0.25) is 0 Å². The molecular weight excluding hydrogens is 759 g/mol. The molecule has 13 rings (SSSR count). The molecule has 5 heterocycles. The molecule has 0 saturated heterocycles. The van der Waals surface area contributed by atoms with E-state index in [4.69, 9.17) is 33.5 Å². The van der Waals surface area contributed by atoms with Crippen molar-refractivity contribution in [2.45, 2.75) is 0 Å². The van der Waals surface area contributed by atoms with Gasteiger partial charge in [-0.3, -0.25) is 9.80 Å². The minimum atomic E-state index is 0.281. The molecule has 0 unspecified atom stereocenters. The fourth-order valence-electron chi connectivity index (χ4n) is 8.57. The highest BCUT2D eigenvalue weighted by Gasteiger charge is 2.24. The van der Waals surface area contributed by atoms with Gasteiger partial charge >= 0.3 is 0 Å². The number of para-hydroxylation sites is 2. The number of nitrogens with zero attached hydrogens (tertiary/aromatic N) is 7. The number of benzene rings is 8. The van der Waals surface area contributed by atoms with Gasteiger partial charge in [0.2, 0.25) is 0 Å². The van der Waals surface area contributed by atoms with Crippen LogP contribution in [0, 0.1) is 0 Å². The molecule has 0 fully saturated rings. The molecule has 61 heavy (non-hydrogen) atoms. The predicted octanol–water partition coefficient (Wildman–Crippen LogP) is 13.6. The summed E-state index contributed by atoms with van der Waals surface area (Å²) in [5.41, 5.74) is 8.17. The molecule has 0 aliphatic carbocycles. The second-order valence-electron chi connectivity index (χ2n) is 15.1. The van der Waals surface area contributed by atoms with Crippen molar-refractivity contribution >= 4 is 122 Å². The van der Waals surface area contributed by atoms with Crippen molar-refractivity contribution in [2.75, 3.05) is 9.80 Å². The zero-order valence-corrected chi connectivity index (χ0v) is 32.1. The first-order chi connectivity index (χ1) is 30.2. The largest absolute Gasteiger partial charge is 0.456 e. The molecule has 10 nitrogen and oxygen atoms in total. The topological polar surface area (TPSA) is 110 Å². The third-order valence-electron chi connectivity index (χ3n) is 11.5. The Morgan fingerprint density at radius 3 is 1.46 bits per heavy atom. The summed E-state index contributed by atoms with van der Waals surface area (Å²) in [4.78, 5) is 9.03. The molecule has 8 aromatic carbocycles. The van der Waals surface area contributed by atoms with Gasteiger partial charge in [0.25, 0.3) is 11.7 Å². The quantitative estimate of drug-likeness (QED) is 0.161. The zero-order chi connectivity index (χ0) is 40.0. The van der Waals surface area contributed by atoms with Crippen molar-refractivity contribution in [3.05, 3.63) is 176 Å². The van der Waals surface area contributed by atoms with Gasteiger partial charge in [-0.25, -0.2) is 0 Å². The second kappa shape index (κ2) is 12.9. The van der Waals surface area contributed by atoms with E-state index in [0.717, 1.165) is 88.2 Å². The lowest BCUT2D eigenvalue weighted by Crippen LogP contribution is -2.14.